The molecular weight excluding hydrogens is 298 g/mol. The van der Waals surface area contributed by atoms with Crippen LogP contribution in [0.3, 0.4) is 0 Å². The summed E-state index contributed by atoms with van der Waals surface area (Å²) in [5.41, 5.74) is 6.41. The average Bonchev–Trinajstić information content (AvgIpc) is 2.91. The average molecular weight is 328 g/mol. The number of hydrogen-bond donors (Lipinski definition) is 1. The fourth-order valence-corrected chi connectivity index (χ4v) is 2.75. The highest BCUT2D eigenvalue weighted by Crippen LogP contribution is 2.26. The van der Waals surface area contributed by atoms with Crippen molar-refractivity contribution in [1.29, 1.82) is 0 Å². The van der Waals surface area contributed by atoms with Crippen molar-refractivity contribution in [3.8, 4) is 0 Å². The van der Waals surface area contributed by atoms with Crippen molar-refractivity contribution in [2.24, 2.45) is 5.73 Å². The first kappa shape index (κ1) is 18.9. The summed E-state index contributed by atoms with van der Waals surface area (Å²) in [6.45, 7) is 10.1. The number of rotatable bonds is 9. The molecule has 126 valence electrons. The summed E-state index contributed by atoms with van der Waals surface area (Å²) in [5.74, 6) is -0.316. The van der Waals surface area contributed by atoms with Gasteiger partial charge in [0.05, 0.1) is 25.3 Å². The van der Waals surface area contributed by atoms with Crippen molar-refractivity contribution in [3.05, 3.63) is 18.0 Å². The predicted molar refractivity (Wildman–Crippen MR) is 89.1 cm³/mol. The van der Waals surface area contributed by atoms with Crippen molar-refractivity contribution in [2.75, 3.05) is 13.7 Å². The Balaban J connectivity index is 2.60. The maximum absolute atomic E-state index is 11.5. The third kappa shape index (κ3) is 5.90. The summed E-state index contributed by atoms with van der Waals surface area (Å²) < 4.78 is 12.1. The van der Waals surface area contributed by atoms with Crippen LogP contribution in [0.25, 0.3) is 0 Å². The van der Waals surface area contributed by atoms with E-state index in [1.54, 1.807) is 10.9 Å². The van der Waals surface area contributed by atoms with Gasteiger partial charge < -0.3 is 15.2 Å². The lowest BCUT2D eigenvalue weighted by atomic mass is 9.87. The molecular formula is C15H29N3O3Si. The molecule has 7 heteroatoms. The standard InChI is InChI=1S/C15H29N3O3Si/c1-6-15(16,9-14(19)20-2)13-10-17-18(11-13)12-21-7-8-22(3,4)5/h10-11H,6-9,12,16H2,1-5H3. The lowest BCUT2D eigenvalue weighted by molar-refractivity contribution is -0.142. The molecule has 0 saturated carbocycles. The van der Waals surface area contributed by atoms with Crippen LogP contribution >= 0.6 is 0 Å². The second kappa shape index (κ2) is 7.89. The van der Waals surface area contributed by atoms with Gasteiger partial charge >= 0.3 is 5.97 Å². The second-order valence-corrected chi connectivity index (χ2v) is 12.5. The number of methoxy groups -OCH3 is 1. The van der Waals surface area contributed by atoms with Gasteiger partial charge in [0.2, 0.25) is 0 Å². The summed E-state index contributed by atoms with van der Waals surface area (Å²) in [4.78, 5) is 11.5. The van der Waals surface area contributed by atoms with Crippen molar-refractivity contribution >= 4 is 14.0 Å². The van der Waals surface area contributed by atoms with Gasteiger partial charge in [-0.05, 0) is 12.5 Å². The number of aromatic nitrogens is 2. The van der Waals surface area contributed by atoms with Gasteiger partial charge in [-0.25, -0.2) is 4.68 Å². The van der Waals surface area contributed by atoms with E-state index in [2.05, 4.69) is 24.7 Å². The second-order valence-electron chi connectivity index (χ2n) is 6.88. The van der Waals surface area contributed by atoms with Crippen LogP contribution in [0.5, 0.6) is 0 Å². The molecule has 0 spiro atoms. The van der Waals surface area contributed by atoms with Crippen LogP contribution in [0, 0.1) is 0 Å². The monoisotopic (exact) mass is 327 g/mol. The predicted octanol–water partition coefficient (Wildman–Crippen LogP) is 2.32. The molecule has 0 amide bonds. The number of ether oxygens (including phenoxy) is 2. The smallest absolute Gasteiger partial charge is 0.307 e. The molecule has 0 aliphatic carbocycles. The van der Waals surface area contributed by atoms with Gasteiger partial charge in [0.1, 0.15) is 6.73 Å². The van der Waals surface area contributed by atoms with Crippen LogP contribution in [0.15, 0.2) is 12.4 Å². The highest BCUT2D eigenvalue weighted by atomic mass is 28.3. The van der Waals surface area contributed by atoms with Crippen LogP contribution < -0.4 is 5.73 Å². The van der Waals surface area contributed by atoms with Crippen LogP contribution in [-0.4, -0.2) is 37.5 Å². The molecule has 1 unspecified atom stereocenters. The van der Waals surface area contributed by atoms with E-state index < -0.39 is 13.6 Å². The third-order valence-corrected chi connectivity index (χ3v) is 5.45. The number of esters is 1. The minimum Gasteiger partial charge on any atom is -0.469 e. The van der Waals surface area contributed by atoms with Crippen molar-refractivity contribution in [1.82, 2.24) is 9.78 Å². The van der Waals surface area contributed by atoms with Gasteiger partial charge in [-0.1, -0.05) is 26.6 Å². The van der Waals surface area contributed by atoms with Crippen LogP contribution in [0.2, 0.25) is 25.7 Å². The molecule has 1 aromatic rings. The van der Waals surface area contributed by atoms with Gasteiger partial charge in [0, 0.05) is 26.4 Å². The summed E-state index contributed by atoms with van der Waals surface area (Å²) in [7, 11) is 0.295. The topological polar surface area (TPSA) is 79.4 Å². The van der Waals surface area contributed by atoms with Crippen LogP contribution in [0.1, 0.15) is 25.3 Å². The number of hydrogen-bond acceptors (Lipinski definition) is 5. The summed E-state index contributed by atoms with van der Waals surface area (Å²) >= 11 is 0. The molecule has 2 N–H and O–H groups in total. The van der Waals surface area contributed by atoms with Gasteiger partial charge in [0.15, 0.2) is 0 Å². The van der Waals surface area contributed by atoms with Gasteiger partial charge in [0.25, 0.3) is 0 Å². The van der Waals surface area contributed by atoms with Gasteiger partial charge in [-0.2, -0.15) is 5.10 Å². The fourth-order valence-electron chi connectivity index (χ4n) is 1.99. The zero-order chi connectivity index (χ0) is 16.8. The summed E-state index contributed by atoms with van der Waals surface area (Å²) in [6.07, 6.45) is 4.32. The Labute approximate surface area is 134 Å². The third-order valence-electron chi connectivity index (χ3n) is 3.75. The first-order valence-corrected chi connectivity index (χ1v) is 11.4. The molecule has 0 bridgehead atoms. The Morgan fingerprint density at radius 2 is 2.14 bits per heavy atom. The molecule has 0 saturated heterocycles. The maximum Gasteiger partial charge on any atom is 0.307 e. The van der Waals surface area contributed by atoms with E-state index in [9.17, 15) is 4.79 Å². The molecule has 0 aromatic carbocycles. The lowest BCUT2D eigenvalue weighted by Crippen LogP contribution is -2.38. The molecule has 0 fully saturated rings. The van der Waals surface area contributed by atoms with Crippen molar-refractivity contribution in [2.45, 2.75) is 57.7 Å². The Kier molecular flexibility index (Phi) is 6.77. The number of nitrogens with two attached hydrogens (primary N) is 1. The molecule has 0 aliphatic rings. The van der Waals surface area contributed by atoms with Crippen LogP contribution in [-0.2, 0) is 26.5 Å². The van der Waals surface area contributed by atoms with Gasteiger partial charge in [-0.3, -0.25) is 4.79 Å². The highest BCUT2D eigenvalue weighted by Gasteiger charge is 2.30. The number of nitrogens with zero attached hydrogens (tertiary/aromatic N) is 2. The lowest BCUT2D eigenvalue weighted by Gasteiger charge is -2.25. The maximum atomic E-state index is 11.5. The fraction of sp³-hybridized carbons (Fsp3) is 0.733. The zero-order valence-corrected chi connectivity index (χ0v) is 15.4. The molecule has 6 nitrogen and oxygen atoms in total. The molecule has 1 rings (SSSR count). The van der Waals surface area contributed by atoms with Crippen LogP contribution in [0.4, 0.5) is 0 Å². The first-order chi connectivity index (χ1) is 10.2. The highest BCUT2D eigenvalue weighted by molar-refractivity contribution is 6.76. The Bertz CT molecular complexity index is 485. The quantitative estimate of drug-likeness (QED) is 0.428. The van der Waals surface area contributed by atoms with E-state index >= 15 is 0 Å². The molecule has 0 radical (unpaired) electrons. The Morgan fingerprint density at radius 3 is 2.68 bits per heavy atom. The van der Waals surface area contributed by atoms with E-state index in [0.29, 0.717) is 13.2 Å². The molecule has 0 aliphatic heterocycles. The normalized spacial score (nSPS) is 14.6. The first-order valence-electron chi connectivity index (χ1n) is 7.66. The summed E-state index contributed by atoms with van der Waals surface area (Å²) in [6, 6.07) is 1.12. The van der Waals surface area contributed by atoms with Crippen molar-refractivity contribution < 1.29 is 14.3 Å². The molecule has 1 heterocycles. The molecule has 1 aromatic heterocycles. The Morgan fingerprint density at radius 1 is 1.45 bits per heavy atom. The zero-order valence-electron chi connectivity index (χ0n) is 14.4. The van der Waals surface area contributed by atoms with E-state index in [1.165, 1.54) is 7.11 Å². The van der Waals surface area contributed by atoms with E-state index in [-0.39, 0.29) is 12.4 Å². The minimum absolute atomic E-state index is 0.141. The van der Waals surface area contributed by atoms with Crippen molar-refractivity contribution in [3.63, 3.8) is 0 Å². The molecule has 22 heavy (non-hydrogen) atoms. The van der Waals surface area contributed by atoms with Gasteiger partial charge in [-0.15, -0.1) is 0 Å². The number of carbonyl (C=O) groups is 1. The van der Waals surface area contributed by atoms with E-state index in [0.717, 1.165) is 18.2 Å². The largest absolute Gasteiger partial charge is 0.469 e. The minimum atomic E-state index is -1.07. The SMILES string of the molecule is CCC(N)(CC(=O)OC)c1cnn(COCC[Si](C)(C)C)c1. The van der Waals surface area contributed by atoms with E-state index in [4.69, 9.17) is 15.2 Å². The Hall–Kier alpha value is -1.18. The summed E-state index contributed by atoms with van der Waals surface area (Å²) in [5, 5.41) is 4.27. The number of carbonyl (C=O) groups excluding carboxylic acids is 1. The molecule has 1 atom stereocenters. The van der Waals surface area contributed by atoms with E-state index in [1.807, 2.05) is 13.1 Å².